The highest BCUT2D eigenvalue weighted by atomic mass is 16.6. The molecule has 0 unspecified atom stereocenters. The minimum absolute atomic E-state index is 0.0312. The van der Waals surface area contributed by atoms with Crippen LogP contribution in [0.2, 0.25) is 0 Å². The van der Waals surface area contributed by atoms with E-state index in [4.69, 9.17) is 4.74 Å². The molecule has 22 heavy (non-hydrogen) atoms. The normalized spacial score (nSPS) is 34.1. The molecule has 4 rings (SSSR count). The van der Waals surface area contributed by atoms with E-state index in [-0.39, 0.29) is 23.2 Å². The predicted octanol–water partition coefficient (Wildman–Crippen LogP) is 3.09. The SMILES string of the molecule is O=[N+]([O-])c1ccc(O[C@@H]2C[C@@H]3[C@H]4C=C[C@H]3C[C@H]42)c([N+](=O)[O-])c1. The third kappa shape index (κ3) is 1.81. The zero-order chi connectivity index (χ0) is 15.4. The molecule has 3 aliphatic carbocycles. The molecule has 0 aliphatic heterocycles. The van der Waals surface area contributed by atoms with Crippen LogP contribution in [0, 0.1) is 43.9 Å². The number of non-ortho nitro benzene ring substituents is 1. The van der Waals surface area contributed by atoms with E-state index in [0.717, 1.165) is 18.9 Å². The van der Waals surface area contributed by atoms with Crippen LogP contribution in [0.15, 0.2) is 30.4 Å². The highest BCUT2D eigenvalue weighted by Gasteiger charge is 2.55. The van der Waals surface area contributed by atoms with Gasteiger partial charge in [-0.25, -0.2) is 0 Å². The molecule has 2 fully saturated rings. The van der Waals surface area contributed by atoms with Crippen molar-refractivity contribution in [1.82, 2.24) is 0 Å². The van der Waals surface area contributed by atoms with Gasteiger partial charge in [-0.15, -0.1) is 0 Å². The molecule has 0 N–H and O–H groups in total. The molecular weight excluding hydrogens is 288 g/mol. The summed E-state index contributed by atoms with van der Waals surface area (Å²) in [6.45, 7) is 0. The topological polar surface area (TPSA) is 95.5 Å². The smallest absolute Gasteiger partial charge is 0.317 e. The number of ether oxygens (including phenoxy) is 1. The summed E-state index contributed by atoms with van der Waals surface area (Å²) in [5, 5.41) is 21.9. The number of hydrogen-bond acceptors (Lipinski definition) is 5. The van der Waals surface area contributed by atoms with Gasteiger partial charge < -0.3 is 4.74 Å². The molecule has 3 aliphatic rings. The van der Waals surface area contributed by atoms with Gasteiger partial charge >= 0.3 is 5.69 Å². The maximum absolute atomic E-state index is 11.1. The molecule has 0 spiro atoms. The molecule has 1 aromatic carbocycles. The fraction of sp³-hybridized carbons (Fsp3) is 0.467. The Balaban J connectivity index is 1.60. The molecule has 4 bridgehead atoms. The quantitative estimate of drug-likeness (QED) is 0.484. The molecule has 0 aromatic heterocycles. The van der Waals surface area contributed by atoms with Crippen LogP contribution in [0.1, 0.15) is 12.8 Å². The van der Waals surface area contributed by atoms with E-state index < -0.39 is 9.85 Å². The van der Waals surface area contributed by atoms with Gasteiger partial charge in [0.15, 0.2) is 5.75 Å². The predicted molar refractivity (Wildman–Crippen MR) is 76.5 cm³/mol. The summed E-state index contributed by atoms with van der Waals surface area (Å²) in [5.41, 5.74) is -0.633. The molecule has 114 valence electrons. The Morgan fingerprint density at radius 2 is 1.86 bits per heavy atom. The molecule has 0 heterocycles. The summed E-state index contributed by atoms with van der Waals surface area (Å²) in [5.74, 6) is 2.32. The van der Waals surface area contributed by atoms with Crippen LogP contribution in [0.25, 0.3) is 0 Å². The van der Waals surface area contributed by atoms with Crippen LogP contribution in [0.3, 0.4) is 0 Å². The van der Waals surface area contributed by atoms with E-state index in [1.165, 1.54) is 12.1 Å². The third-order valence-electron chi connectivity index (χ3n) is 5.27. The van der Waals surface area contributed by atoms with Crippen molar-refractivity contribution in [1.29, 1.82) is 0 Å². The molecule has 7 nitrogen and oxygen atoms in total. The highest BCUT2D eigenvalue weighted by molar-refractivity contribution is 5.53. The molecule has 7 heteroatoms. The van der Waals surface area contributed by atoms with Gasteiger partial charge in [0.1, 0.15) is 6.10 Å². The number of hydrogen-bond donors (Lipinski definition) is 0. The first-order valence-electron chi connectivity index (χ1n) is 7.32. The van der Waals surface area contributed by atoms with Gasteiger partial charge in [-0.3, -0.25) is 20.2 Å². The average Bonchev–Trinajstić information content (AvgIpc) is 3.14. The van der Waals surface area contributed by atoms with Crippen molar-refractivity contribution in [3.05, 3.63) is 50.6 Å². The second kappa shape index (κ2) is 4.53. The van der Waals surface area contributed by atoms with Crippen LogP contribution in [0.5, 0.6) is 5.75 Å². The van der Waals surface area contributed by atoms with Crippen molar-refractivity contribution in [3.8, 4) is 5.75 Å². The van der Waals surface area contributed by atoms with E-state index in [1.807, 2.05) is 0 Å². The van der Waals surface area contributed by atoms with Gasteiger partial charge in [-0.1, -0.05) is 12.2 Å². The summed E-state index contributed by atoms with van der Waals surface area (Å²) in [6.07, 6.45) is 6.47. The summed E-state index contributed by atoms with van der Waals surface area (Å²) in [6, 6.07) is 3.56. The Morgan fingerprint density at radius 3 is 2.50 bits per heavy atom. The molecule has 5 atom stereocenters. The van der Waals surface area contributed by atoms with Crippen molar-refractivity contribution in [3.63, 3.8) is 0 Å². The van der Waals surface area contributed by atoms with Gasteiger partial charge in [-0.2, -0.15) is 0 Å². The van der Waals surface area contributed by atoms with Crippen LogP contribution < -0.4 is 4.74 Å². The summed E-state index contributed by atoms with van der Waals surface area (Å²) < 4.78 is 5.89. The summed E-state index contributed by atoms with van der Waals surface area (Å²) in [7, 11) is 0. The third-order valence-corrected chi connectivity index (χ3v) is 5.27. The Morgan fingerprint density at radius 1 is 1.05 bits per heavy atom. The maximum atomic E-state index is 11.1. The lowest BCUT2D eigenvalue weighted by Gasteiger charge is -2.27. The van der Waals surface area contributed by atoms with Crippen molar-refractivity contribution >= 4 is 11.4 Å². The van der Waals surface area contributed by atoms with Crippen molar-refractivity contribution in [2.45, 2.75) is 18.9 Å². The zero-order valence-corrected chi connectivity index (χ0v) is 11.6. The van der Waals surface area contributed by atoms with Crippen LogP contribution in [0.4, 0.5) is 11.4 Å². The second-order valence-corrected chi connectivity index (χ2v) is 6.25. The van der Waals surface area contributed by atoms with Crippen LogP contribution in [-0.2, 0) is 0 Å². The fourth-order valence-electron chi connectivity index (χ4n) is 4.36. The van der Waals surface area contributed by atoms with Crippen molar-refractivity contribution in [2.75, 3.05) is 0 Å². The Hall–Kier alpha value is -2.44. The van der Waals surface area contributed by atoms with E-state index in [9.17, 15) is 20.2 Å². The molecule has 0 saturated heterocycles. The summed E-state index contributed by atoms with van der Waals surface area (Å²) in [4.78, 5) is 20.6. The first-order valence-corrected chi connectivity index (χ1v) is 7.32. The number of rotatable bonds is 4. The van der Waals surface area contributed by atoms with Crippen molar-refractivity contribution in [2.24, 2.45) is 23.7 Å². The second-order valence-electron chi connectivity index (χ2n) is 6.25. The van der Waals surface area contributed by atoms with Gasteiger partial charge in [-0.05, 0) is 36.7 Å². The van der Waals surface area contributed by atoms with E-state index in [2.05, 4.69) is 12.2 Å². The number of nitro groups is 2. The largest absolute Gasteiger partial charge is 0.483 e. The van der Waals surface area contributed by atoms with Crippen LogP contribution >= 0.6 is 0 Å². The van der Waals surface area contributed by atoms with Crippen LogP contribution in [-0.4, -0.2) is 16.0 Å². The Labute approximate surface area is 125 Å². The minimum Gasteiger partial charge on any atom is -0.483 e. The first-order chi connectivity index (χ1) is 10.5. The van der Waals surface area contributed by atoms with E-state index >= 15 is 0 Å². The monoisotopic (exact) mass is 302 g/mol. The maximum Gasteiger partial charge on any atom is 0.317 e. The number of allylic oxidation sites excluding steroid dienone is 2. The molecule has 0 radical (unpaired) electrons. The van der Waals surface area contributed by atoms with Gasteiger partial charge in [0.25, 0.3) is 5.69 Å². The molecule has 2 saturated carbocycles. The lowest BCUT2D eigenvalue weighted by Crippen LogP contribution is -2.28. The van der Waals surface area contributed by atoms with Gasteiger partial charge in [0.05, 0.1) is 15.9 Å². The van der Waals surface area contributed by atoms with Crippen molar-refractivity contribution < 1.29 is 14.6 Å². The number of nitro benzene ring substituents is 2. The van der Waals surface area contributed by atoms with Gasteiger partial charge in [0, 0.05) is 12.0 Å². The molecule has 0 amide bonds. The summed E-state index contributed by atoms with van der Waals surface area (Å²) >= 11 is 0. The first kappa shape index (κ1) is 13.2. The molecular formula is C15H14N2O5. The average molecular weight is 302 g/mol. The van der Waals surface area contributed by atoms with Gasteiger partial charge in [0.2, 0.25) is 0 Å². The zero-order valence-electron chi connectivity index (χ0n) is 11.6. The van der Waals surface area contributed by atoms with E-state index in [1.54, 1.807) is 0 Å². The highest BCUT2D eigenvalue weighted by Crippen LogP contribution is 2.58. The number of benzene rings is 1. The van der Waals surface area contributed by atoms with E-state index in [0.29, 0.717) is 23.7 Å². The lowest BCUT2D eigenvalue weighted by atomic mass is 9.87. The lowest BCUT2D eigenvalue weighted by molar-refractivity contribution is -0.394. The standard InChI is InChI=1S/C15H14N2O5/c18-16(19)9-2-4-14(13(6-9)17(20)21)22-15-7-11-8-1-3-10(11)12(15)5-8/h1-4,6,8,10-12,15H,5,7H2/t8-,10+,11-,12+,15+/m0/s1. The Bertz CT molecular complexity index is 701. The fourth-order valence-corrected chi connectivity index (χ4v) is 4.36. The Kier molecular flexibility index (Phi) is 2.72. The molecule has 1 aromatic rings. The minimum atomic E-state index is -0.641. The number of nitrogens with zero attached hydrogens (tertiary/aromatic N) is 2.